The summed E-state index contributed by atoms with van der Waals surface area (Å²) in [6.45, 7) is 3.92. The normalized spacial score (nSPS) is 18.4. The van der Waals surface area contributed by atoms with E-state index in [0.29, 0.717) is 12.0 Å². The van der Waals surface area contributed by atoms with E-state index in [0.717, 1.165) is 25.7 Å². The van der Waals surface area contributed by atoms with Crippen molar-refractivity contribution in [2.24, 2.45) is 5.92 Å². The molecule has 0 radical (unpaired) electrons. The van der Waals surface area contributed by atoms with Gasteiger partial charge in [-0.2, -0.15) is 0 Å². The lowest BCUT2D eigenvalue weighted by atomic mass is 9.93. The fourth-order valence-electron chi connectivity index (χ4n) is 3.88. The van der Waals surface area contributed by atoms with Crippen LogP contribution in [0.1, 0.15) is 63.2 Å². The lowest BCUT2D eigenvalue weighted by Crippen LogP contribution is -2.36. The maximum absolute atomic E-state index is 12.8. The summed E-state index contributed by atoms with van der Waals surface area (Å²) in [5.74, 6) is -2.71. The lowest BCUT2D eigenvalue weighted by molar-refractivity contribution is -0.160. The van der Waals surface area contributed by atoms with Crippen LogP contribution >= 0.6 is 0 Å². The quantitative estimate of drug-likeness (QED) is 0.228. The molecule has 0 unspecified atom stereocenters. The molecule has 0 fully saturated rings. The Hall–Kier alpha value is -3.29. The highest BCUT2D eigenvalue weighted by Crippen LogP contribution is 2.45. The molecule has 32 heavy (non-hydrogen) atoms. The Labute approximate surface area is 186 Å². The Kier molecular flexibility index (Phi) is 7.22. The highest BCUT2D eigenvalue weighted by Gasteiger charge is 2.37. The molecule has 8 nitrogen and oxygen atoms in total. The van der Waals surface area contributed by atoms with Crippen LogP contribution in [0, 0.1) is 5.92 Å². The van der Waals surface area contributed by atoms with Crippen molar-refractivity contribution in [3.63, 3.8) is 0 Å². The minimum atomic E-state index is -0.947. The molecule has 0 saturated carbocycles. The number of aromatic hydroxyl groups is 5. The number of hydrogen-bond donors (Lipinski definition) is 5. The van der Waals surface area contributed by atoms with E-state index in [1.54, 1.807) is 6.92 Å². The molecule has 5 N–H and O–H groups in total. The third-order valence-electron chi connectivity index (χ3n) is 5.75. The Morgan fingerprint density at radius 1 is 1.03 bits per heavy atom. The number of benzene rings is 2. The van der Waals surface area contributed by atoms with E-state index in [1.165, 1.54) is 24.3 Å². The van der Waals surface area contributed by atoms with E-state index >= 15 is 0 Å². The van der Waals surface area contributed by atoms with Crippen LogP contribution < -0.4 is 4.74 Å². The van der Waals surface area contributed by atoms with E-state index in [4.69, 9.17) is 9.47 Å². The van der Waals surface area contributed by atoms with Gasteiger partial charge in [0.05, 0.1) is 5.92 Å². The first-order valence-electron chi connectivity index (χ1n) is 10.9. The molecule has 2 aromatic carbocycles. The highest BCUT2D eigenvalue weighted by atomic mass is 16.6. The van der Waals surface area contributed by atoms with Crippen LogP contribution in [-0.2, 0) is 16.0 Å². The summed E-state index contributed by atoms with van der Waals surface area (Å²) in [6, 6.07) is 4.93. The van der Waals surface area contributed by atoms with Crippen molar-refractivity contribution < 1.29 is 39.8 Å². The standard InChI is InChI=1S/C24H30O8/c1-3-4-5-6-7-13(2)24(30)32-21-12-16-17(26)10-15(25)11-20(16)31-23(21)14-8-18(27)22(29)19(28)9-14/h8-11,13,21,23,25-29H,3-7,12H2,1-2H3/t13-,21-,23+/m0/s1. The number of unbranched alkanes of at least 4 members (excludes halogenated alkanes) is 3. The van der Waals surface area contributed by atoms with Gasteiger partial charge in [0.25, 0.3) is 0 Å². The van der Waals surface area contributed by atoms with Crippen LogP contribution in [-0.4, -0.2) is 37.6 Å². The van der Waals surface area contributed by atoms with Crippen molar-refractivity contribution in [2.45, 2.75) is 64.6 Å². The maximum atomic E-state index is 12.8. The van der Waals surface area contributed by atoms with Gasteiger partial charge in [-0.1, -0.05) is 39.5 Å². The largest absolute Gasteiger partial charge is 0.508 e. The molecule has 0 aromatic heterocycles. The third kappa shape index (κ3) is 5.12. The molecule has 1 heterocycles. The van der Waals surface area contributed by atoms with Crippen LogP contribution in [0.3, 0.4) is 0 Å². The zero-order chi connectivity index (χ0) is 23.4. The summed E-state index contributed by atoms with van der Waals surface area (Å²) in [7, 11) is 0. The molecule has 2 aromatic rings. The Morgan fingerprint density at radius 2 is 1.72 bits per heavy atom. The summed E-state index contributed by atoms with van der Waals surface area (Å²) in [6.07, 6.45) is 3.14. The van der Waals surface area contributed by atoms with Gasteiger partial charge in [0, 0.05) is 29.7 Å². The number of phenols is 5. The second kappa shape index (κ2) is 9.89. The summed E-state index contributed by atoms with van der Waals surface area (Å²) < 4.78 is 11.7. The zero-order valence-corrected chi connectivity index (χ0v) is 18.2. The fraction of sp³-hybridized carbons (Fsp3) is 0.458. The molecule has 0 bridgehead atoms. The van der Waals surface area contributed by atoms with Gasteiger partial charge in [-0.25, -0.2) is 0 Å². The van der Waals surface area contributed by atoms with Gasteiger partial charge < -0.3 is 35.0 Å². The number of carbonyl (C=O) groups is 1. The van der Waals surface area contributed by atoms with E-state index < -0.39 is 35.4 Å². The van der Waals surface area contributed by atoms with Crippen molar-refractivity contribution in [1.29, 1.82) is 0 Å². The molecular formula is C24H30O8. The molecular weight excluding hydrogens is 416 g/mol. The van der Waals surface area contributed by atoms with E-state index in [-0.39, 0.29) is 35.2 Å². The molecule has 0 amide bonds. The fourth-order valence-corrected chi connectivity index (χ4v) is 3.88. The van der Waals surface area contributed by atoms with Gasteiger partial charge in [0.1, 0.15) is 23.4 Å². The molecule has 1 aliphatic rings. The summed E-state index contributed by atoms with van der Waals surface area (Å²) in [5, 5.41) is 49.6. The number of esters is 1. The van der Waals surface area contributed by atoms with Crippen LogP contribution in [0.2, 0.25) is 0 Å². The van der Waals surface area contributed by atoms with Crippen molar-refractivity contribution in [3.8, 4) is 34.5 Å². The van der Waals surface area contributed by atoms with Gasteiger partial charge in [0.2, 0.25) is 0 Å². The molecule has 0 spiro atoms. The number of carbonyl (C=O) groups excluding carboxylic acids is 1. The van der Waals surface area contributed by atoms with E-state index in [1.807, 2.05) is 0 Å². The Balaban J connectivity index is 1.87. The molecule has 1 aliphatic heterocycles. The molecule has 174 valence electrons. The third-order valence-corrected chi connectivity index (χ3v) is 5.75. The summed E-state index contributed by atoms with van der Waals surface area (Å²) in [5.41, 5.74) is 0.638. The number of ether oxygens (including phenoxy) is 2. The van der Waals surface area contributed by atoms with Gasteiger partial charge in [-0.3, -0.25) is 4.79 Å². The average Bonchev–Trinajstić information content (AvgIpc) is 2.74. The minimum Gasteiger partial charge on any atom is -0.508 e. The van der Waals surface area contributed by atoms with Gasteiger partial charge >= 0.3 is 5.97 Å². The topological polar surface area (TPSA) is 137 Å². The van der Waals surface area contributed by atoms with Crippen LogP contribution in [0.5, 0.6) is 34.5 Å². The number of phenolic OH excluding ortho intramolecular Hbond substituents is 5. The smallest absolute Gasteiger partial charge is 0.309 e. The second-order valence-electron chi connectivity index (χ2n) is 8.32. The van der Waals surface area contributed by atoms with Gasteiger partial charge in [0.15, 0.2) is 23.4 Å². The zero-order valence-electron chi connectivity index (χ0n) is 18.2. The maximum Gasteiger partial charge on any atom is 0.309 e. The van der Waals surface area contributed by atoms with Gasteiger partial charge in [-0.05, 0) is 18.6 Å². The first kappa shape index (κ1) is 23.4. The van der Waals surface area contributed by atoms with Crippen molar-refractivity contribution in [3.05, 3.63) is 35.4 Å². The van der Waals surface area contributed by atoms with Crippen LogP contribution in [0.25, 0.3) is 0 Å². The van der Waals surface area contributed by atoms with Gasteiger partial charge in [-0.15, -0.1) is 0 Å². The van der Waals surface area contributed by atoms with Crippen LogP contribution in [0.4, 0.5) is 0 Å². The van der Waals surface area contributed by atoms with Crippen molar-refractivity contribution >= 4 is 5.97 Å². The summed E-state index contributed by atoms with van der Waals surface area (Å²) in [4.78, 5) is 12.8. The van der Waals surface area contributed by atoms with Crippen molar-refractivity contribution in [2.75, 3.05) is 0 Å². The second-order valence-corrected chi connectivity index (χ2v) is 8.32. The van der Waals surface area contributed by atoms with E-state index in [9.17, 15) is 30.3 Å². The average molecular weight is 446 g/mol. The predicted molar refractivity (Wildman–Crippen MR) is 116 cm³/mol. The highest BCUT2D eigenvalue weighted by molar-refractivity contribution is 5.72. The Morgan fingerprint density at radius 3 is 2.38 bits per heavy atom. The number of rotatable bonds is 8. The number of hydrogen-bond acceptors (Lipinski definition) is 8. The number of fused-ring (bicyclic) bond motifs is 1. The van der Waals surface area contributed by atoms with Crippen LogP contribution in [0.15, 0.2) is 24.3 Å². The van der Waals surface area contributed by atoms with E-state index in [2.05, 4.69) is 6.92 Å². The molecule has 3 rings (SSSR count). The molecule has 3 atom stereocenters. The minimum absolute atomic E-state index is 0.100. The lowest BCUT2D eigenvalue weighted by Gasteiger charge is -2.34. The Bertz CT molecular complexity index is 948. The monoisotopic (exact) mass is 446 g/mol. The predicted octanol–water partition coefficient (Wildman–Crippen LogP) is 4.41. The summed E-state index contributed by atoms with van der Waals surface area (Å²) >= 11 is 0. The van der Waals surface area contributed by atoms with Crippen molar-refractivity contribution in [1.82, 2.24) is 0 Å². The first-order chi connectivity index (χ1) is 15.2. The molecule has 8 heteroatoms. The molecule has 0 aliphatic carbocycles. The SMILES string of the molecule is CCCCCC[C@H](C)C(=O)O[C@H]1Cc2c(O)cc(O)cc2O[C@@H]1c1cc(O)c(O)c(O)c1. The first-order valence-corrected chi connectivity index (χ1v) is 10.9. The molecule has 0 saturated heterocycles.